The molecule has 2 amide bonds. The quantitative estimate of drug-likeness (QED) is 0.185. The molecule has 2 atom stereocenters. The SMILES string of the molecule is C1CCCCC1.CC1CCN(C(C(=O)Nc2ccc(Br)cc2)c2ccc(/C=C/C(=O)Nc3ccccc3N)cc2)C1. The number of amides is 2. The average molecular weight is 618 g/mol. The van der Waals surface area contributed by atoms with Gasteiger partial charge in [-0.25, -0.2) is 0 Å². The van der Waals surface area contributed by atoms with E-state index < -0.39 is 0 Å². The third-order valence-electron chi connectivity index (χ3n) is 7.58. The van der Waals surface area contributed by atoms with Crippen molar-refractivity contribution < 1.29 is 9.59 Å². The Hall–Kier alpha value is -3.42. The minimum atomic E-state index is -0.383. The maximum atomic E-state index is 13.4. The van der Waals surface area contributed by atoms with E-state index in [0.717, 1.165) is 40.8 Å². The van der Waals surface area contributed by atoms with Gasteiger partial charge in [-0.05, 0) is 72.5 Å². The molecule has 3 aromatic carbocycles. The van der Waals surface area contributed by atoms with E-state index in [9.17, 15) is 9.59 Å². The van der Waals surface area contributed by atoms with E-state index in [1.165, 1.54) is 44.6 Å². The second-order valence-corrected chi connectivity index (χ2v) is 11.9. The number of carbonyl (C=O) groups is 2. The van der Waals surface area contributed by atoms with Gasteiger partial charge in [-0.3, -0.25) is 14.5 Å². The number of nitrogen functional groups attached to an aromatic ring is 1. The van der Waals surface area contributed by atoms with Gasteiger partial charge in [-0.15, -0.1) is 0 Å². The molecule has 1 heterocycles. The molecule has 0 spiro atoms. The van der Waals surface area contributed by atoms with Crippen LogP contribution in [0.15, 0.2) is 83.3 Å². The molecule has 0 aromatic heterocycles. The third kappa shape index (κ3) is 9.58. The van der Waals surface area contributed by atoms with Crippen LogP contribution in [0.5, 0.6) is 0 Å². The molecule has 2 aliphatic rings. The maximum Gasteiger partial charge on any atom is 0.248 e. The molecular formula is C34H41BrN4O2. The minimum Gasteiger partial charge on any atom is -0.397 e. The monoisotopic (exact) mass is 616 g/mol. The van der Waals surface area contributed by atoms with Crippen molar-refractivity contribution in [3.63, 3.8) is 0 Å². The summed E-state index contributed by atoms with van der Waals surface area (Å²) in [6.07, 6.45) is 13.3. The van der Waals surface area contributed by atoms with Crippen LogP contribution in [0, 0.1) is 5.92 Å². The molecule has 4 N–H and O–H groups in total. The number of para-hydroxylation sites is 2. The van der Waals surface area contributed by atoms with Crippen LogP contribution < -0.4 is 16.4 Å². The highest BCUT2D eigenvalue weighted by Gasteiger charge is 2.32. The predicted octanol–water partition coefficient (Wildman–Crippen LogP) is 8.05. The van der Waals surface area contributed by atoms with Crippen molar-refractivity contribution in [1.29, 1.82) is 0 Å². The van der Waals surface area contributed by atoms with Crippen LogP contribution in [-0.4, -0.2) is 29.8 Å². The van der Waals surface area contributed by atoms with E-state index in [4.69, 9.17) is 5.73 Å². The molecule has 5 rings (SSSR count). The lowest BCUT2D eigenvalue weighted by molar-refractivity contribution is -0.121. The van der Waals surface area contributed by atoms with Crippen molar-refractivity contribution in [2.45, 2.75) is 57.9 Å². The molecule has 7 heteroatoms. The number of hydrogen-bond donors (Lipinski definition) is 3. The summed E-state index contributed by atoms with van der Waals surface area (Å²) >= 11 is 3.43. The number of hydrogen-bond acceptors (Lipinski definition) is 4. The number of likely N-dealkylation sites (tertiary alicyclic amines) is 1. The summed E-state index contributed by atoms with van der Waals surface area (Å²) in [7, 11) is 0. The standard InChI is InChI=1S/C28H29BrN4O2.C6H12/c1-19-16-17-33(18-19)27(28(35)31-23-13-11-22(29)12-14-23)21-9-6-20(7-10-21)8-15-26(34)32-25-5-3-2-4-24(25)30;1-2-4-6-5-3-1/h2-15,19,27H,16-18,30H2,1H3,(H,31,35)(H,32,34);1-6H2/b15-8+;. The fraction of sp³-hybridized carbons (Fsp3) is 0.353. The van der Waals surface area contributed by atoms with E-state index in [2.05, 4.69) is 38.4 Å². The van der Waals surface area contributed by atoms with Gasteiger partial charge in [0.15, 0.2) is 0 Å². The largest absolute Gasteiger partial charge is 0.397 e. The highest BCUT2D eigenvalue weighted by atomic mass is 79.9. The van der Waals surface area contributed by atoms with Crippen LogP contribution in [-0.2, 0) is 9.59 Å². The number of nitrogens with two attached hydrogens (primary N) is 1. The molecule has 0 radical (unpaired) electrons. The van der Waals surface area contributed by atoms with Gasteiger partial charge >= 0.3 is 0 Å². The van der Waals surface area contributed by atoms with Crippen molar-refractivity contribution in [1.82, 2.24) is 4.90 Å². The van der Waals surface area contributed by atoms with Gasteiger partial charge in [0.2, 0.25) is 11.8 Å². The molecule has 1 saturated carbocycles. The number of benzene rings is 3. The van der Waals surface area contributed by atoms with Crippen molar-refractivity contribution >= 4 is 50.9 Å². The normalized spacial score (nSPS) is 17.9. The lowest BCUT2D eigenvalue weighted by Crippen LogP contribution is -2.36. The summed E-state index contributed by atoms with van der Waals surface area (Å²) in [5.41, 5.74) is 9.53. The van der Waals surface area contributed by atoms with Crippen molar-refractivity contribution in [2.75, 3.05) is 29.5 Å². The number of nitrogens with zero attached hydrogens (tertiary/aromatic N) is 1. The highest BCUT2D eigenvalue weighted by molar-refractivity contribution is 9.10. The van der Waals surface area contributed by atoms with Crippen LogP contribution in [0.1, 0.15) is 69.0 Å². The Bertz CT molecular complexity index is 1290. The maximum absolute atomic E-state index is 13.4. The molecular weight excluding hydrogens is 576 g/mol. The zero-order valence-electron chi connectivity index (χ0n) is 23.8. The predicted molar refractivity (Wildman–Crippen MR) is 174 cm³/mol. The van der Waals surface area contributed by atoms with Crippen LogP contribution in [0.2, 0.25) is 0 Å². The van der Waals surface area contributed by atoms with Crippen LogP contribution in [0.3, 0.4) is 0 Å². The number of rotatable bonds is 7. The summed E-state index contributed by atoms with van der Waals surface area (Å²) in [6.45, 7) is 3.97. The van der Waals surface area contributed by atoms with E-state index in [1.807, 2.05) is 60.7 Å². The molecule has 2 fully saturated rings. The fourth-order valence-electron chi connectivity index (χ4n) is 5.28. The Morgan fingerprint density at radius 1 is 0.902 bits per heavy atom. The van der Waals surface area contributed by atoms with Crippen molar-refractivity contribution in [3.05, 3.63) is 94.5 Å². The molecule has 3 aromatic rings. The van der Waals surface area contributed by atoms with Gasteiger partial charge in [-0.1, -0.05) is 97.8 Å². The molecule has 1 aliphatic heterocycles. The zero-order chi connectivity index (χ0) is 29.0. The lowest BCUT2D eigenvalue weighted by atomic mass is 10.0. The van der Waals surface area contributed by atoms with Gasteiger partial charge in [-0.2, -0.15) is 0 Å². The Morgan fingerprint density at radius 2 is 1.54 bits per heavy atom. The highest BCUT2D eigenvalue weighted by Crippen LogP contribution is 2.29. The summed E-state index contributed by atoms with van der Waals surface area (Å²) < 4.78 is 0.963. The number of carbonyl (C=O) groups excluding carboxylic acids is 2. The van der Waals surface area contributed by atoms with Gasteiger partial charge in [0, 0.05) is 22.8 Å². The van der Waals surface area contributed by atoms with E-state index in [1.54, 1.807) is 18.2 Å². The molecule has 1 aliphatic carbocycles. The fourth-order valence-corrected chi connectivity index (χ4v) is 5.55. The van der Waals surface area contributed by atoms with Crippen LogP contribution in [0.4, 0.5) is 17.1 Å². The Labute approximate surface area is 252 Å². The Kier molecular flexibility index (Phi) is 11.6. The second kappa shape index (κ2) is 15.5. The molecule has 216 valence electrons. The van der Waals surface area contributed by atoms with Crippen LogP contribution in [0.25, 0.3) is 6.08 Å². The molecule has 2 unspecified atom stereocenters. The molecule has 41 heavy (non-hydrogen) atoms. The Balaban J connectivity index is 0.000000572. The topological polar surface area (TPSA) is 87.5 Å². The molecule has 6 nitrogen and oxygen atoms in total. The Morgan fingerprint density at radius 3 is 2.12 bits per heavy atom. The third-order valence-corrected chi connectivity index (χ3v) is 8.11. The van der Waals surface area contributed by atoms with E-state index in [0.29, 0.717) is 17.3 Å². The first kappa shape index (κ1) is 30.5. The number of halogens is 1. The zero-order valence-corrected chi connectivity index (χ0v) is 25.4. The van der Waals surface area contributed by atoms with Gasteiger partial charge in [0.25, 0.3) is 0 Å². The minimum absolute atomic E-state index is 0.0513. The van der Waals surface area contributed by atoms with Gasteiger partial charge in [0.1, 0.15) is 6.04 Å². The van der Waals surface area contributed by atoms with Gasteiger partial charge < -0.3 is 16.4 Å². The van der Waals surface area contributed by atoms with Crippen molar-refractivity contribution in [3.8, 4) is 0 Å². The first-order valence-corrected chi connectivity index (χ1v) is 15.4. The number of anilines is 3. The summed E-state index contributed by atoms with van der Waals surface area (Å²) in [5.74, 6) is 0.242. The van der Waals surface area contributed by atoms with Crippen LogP contribution >= 0.6 is 15.9 Å². The van der Waals surface area contributed by atoms with Crippen molar-refractivity contribution in [2.24, 2.45) is 5.92 Å². The summed E-state index contributed by atoms with van der Waals surface area (Å²) in [6, 6.07) is 22.1. The van der Waals surface area contributed by atoms with E-state index >= 15 is 0 Å². The second-order valence-electron chi connectivity index (χ2n) is 11.0. The smallest absolute Gasteiger partial charge is 0.248 e. The number of nitrogens with one attached hydrogen (secondary N) is 2. The first-order valence-electron chi connectivity index (χ1n) is 14.6. The summed E-state index contributed by atoms with van der Waals surface area (Å²) in [5, 5.41) is 5.84. The van der Waals surface area contributed by atoms with Gasteiger partial charge in [0.05, 0.1) is 11.4 Å². The average Bonchev–Trinajstić information content (AvgIpc) is 3.42. The summed E-state index contributed by atoms with van der Waals surface area (Å²) in [4.78, 5) is 27.9. The van der Waals surface area contributed by atoms with E-state index in [-0.39, 0.29) is 17.9 Å². The molecule has 0 bridgehead atoms. The lowest BCUT2D eigenvalue weighted by Gasteiger charge is -2.27. The molecule has 1 saturated heterocycles. The first-order chi connectivity index (χ1) is 19.9.